The number of rotatable bonds is 9. The SMILES string of the molecule is CCOc1ccccc1Oc1c(C(F)(F)F)oc2cc(OC(=O)C=Cc3ccc(OC)c(OC)c3)ccc2c1=O. The maximum atomic E-state index is 13.9. The van der Waals surface area contributed by atoms with Crippen molar-refractivity contribution in [3.63, 3.8) is 0 Å². The van der Waals surface area contributed by atoms with Gasteiger partial charge in [0.2, 0.25) is 11.2 Å². The van der Waals surface area contributed by atoms with Gasteiger partial charge in [0.25, 0.3) is 5.76 Å². The number of fused-ring (bicyclic) bond motifs is 1. The molecule has 0 unspecified atom stereocenters. The van der Waals surface area contributed by atoms with Crippen LogP contribution in [0.2, 0.25) is 0 Å². The summed E-state index contributed by atoms with van der Waals surface area (Å²) in [5.74, 6) is -2.63. The quantitative estimate of drug-likeness (QED) is 0.129. The Bertz CT molecular complexity index is 1620. The largest absolute Gasteiger partial charge is 0.493 e. The van der Waals surface area contributed by atoms with E-state index in [1.54, 1.807) is 31.2 Å². The third kappa shape index (κ3) is 6.20. The van der Waals surface area contributed by atoms with Gasteiger partial charge in [-0.05, 0) is 55.0 Å². The first kappa shape index (κ1) is 28.1. The number of alkyl halides is 3. The molecule has 0 aliphatic rings. The molecule has 0 fully saturated rings. The first-order valence-corrected chi connectivity index (χ1v) is 11.8. The lowest BCUT2D eigenvalue weighted by molar-refractivity contribution is -0.154. The average Bonchev–Trinajstić information content (AvgIpc) is 2.93. The van der Waals surface area contributed by atoms with Gasteiger partial charge < -0.3 is 28.1 Å². The Hall–Kier alpha value is -4.93. The molecule has 4 aromatic rings. The van der Waals surface area contributed by atoms with Crippen molar-refractivity contribution >= 4 is 23.0 Å². The molecule has 208 valence electrons. The molecule has 0 saturated carbocycles. The fourth-order valence-corrected chi connectivity index (χ4v) is 3.69. The number of carbonyl (C=O) groups is 1. The van der Waals surface area contributed by atoms with Crippen LogP contribution in [0.5, 0.6) is 34.5 Å². The van der Waals surface area contributed by atoms with E-state index in [4.69, 9.17) is 28.1 Å². The average molecular weight is 556 g/mol. The number of para-hydroxylation sites is 2. The molecule has 0 N–H and O–H groups in total. The number of ether oxygens (including phenoxy) is 5. The monoisotopic (exact) mass is 556 g/mol. The topological polar surface area (TPSA) is 93.4 Å². The van der Waals surface area contributed by atoms with Crippen LogP contribution < -0.4 is 29.1 Å². The second-order valence-electron chi connectivity index (χ2n) is 8.10. The molecule has 0 aliphatic heterocycles. The number of methoxy groups -OCH3 is 2. The Morgan fingerprint density at radius 1 is 0.925 bits per heavy atom. The highest BCUT2D eigenvalue weighted by molar-refractivity contribution is 5.89. The molecule has 0 atom stereocenters. The second kappa shape index (κ2) is 11.9. The van der Waals surface area contributed by atoms with Gasteiger partial charge >= 0.3 is 12.1 Å². The zero-order valence-corrected chi connectivity index (χ0v) is 21.5. The molecule has 11 heteroatoms. The predicted octanol–water partition coefficient (Wildman–Crippen LogP) is 6.64. The van der Waals surface area contributed by atoms with Gasteiger partial charge in [0.15, 0.2) is 23.0 Å². The van der Waals surface area contributed by atoms with E-state index in [2.05, 4.69) is 0 Å². The molecule has 0 aliphatic carbocycles. The van der Waals surface area contributed by atoms with Gasteiger partial charge in [0, 0.05) is 12.1 Å². The minimum Gasteiger partial charge on any atom is -0.493 e. The summed E-state index contributed by atoms with van der Waals surface area (Å²) in [5, 5.41) is -0.211. The van der Waals surface area contributed by atoms with Crippen LogP contribution in [-0.2, 0) is 11.0 Å². The van der Waals surface area contributed by atoms with Crippen LogP contribution in [0, 0.1) is 0 Å². The molecule has 3 aromatic carbocycles. The maximum absolute atomic E-state index is 13.9. The van der Waals surface area contributed by atoms with E-state index in [1.807, 2.05) is 0 Å². The molecule has 1 heterocycles. The number of hydrogen-bond acceptors (Lipinski definition) is 8. The third-order valence-electron chi connectivity index (χ3n) is 5.48. The normalized spacial score (nSPS) is 11.4. The molecule has 0 amide bonds. The zero-order chi connectivity index (χ0) is 28.9. The highest BCUT2D eigenvalue weighted by Crippen LogP contribution is 2.40. The van der Waals surface area contributed by atoms with Gasteiger partial charge in [0.1, 0.15) is 11.3 Å². The summed E-state index contributed by atoms with van der Waals surface area (Å²) in [6.45, 7) is 1.92. The van der Waals surface area contributed by atoms with Crippen LogP contribution in [0.4, 0.5) is 13.2 Å². The van der Waals surface area contributed by atoms with E-state index in [0.717, 1.165) is 12.1 Å². The molecule has 0 bridgehead atoms. The summed E-state index contributed by atoms with van der Waals surface area (Å²) in [6.07, 6.45) is -2.50. The lowest BCUT2D eigenvalue weighted by atomic mass is 10.2. The highest BCUT2D eigenvalue weighted by Gasteiger charge is 2.40. The predicted molar refractivity (Wildman–Crippen MR) is 139 cm³/mol. The lowest BCUT2D eigenvalue weighted by Gasteiger charge is -2.15. The summed E-state index contributed by atoms with van der Waals surface area (Å²) in [4.78, 5) is 25.5. The van der Waals surface area contributed by atoms with Crippen LogP contribution in [-0.4, -0.2) is 26.8 Å². The van der Waals surface area contributed by atoms with Crippen LogP contribution in [0.1, 0.15) is 18.2 Å². The summed E-state index contributed by atoms with van der Waals surface area (Å²) < 4.78 is 73.2. The molecule has 0 saturated heterocycles. The molecular formula is C29H23F3O8. The van der Waals surface area contributed by atoms with Crippen LogP contribution in [0.15, 0.2) is 76.0 Å². The fraction of sp³-hybridized carbons (Fsp3) is 0.172. The van der Waals surface area contributed by atoms with E-state index >= 15 is 0 Å². The Morgan fingerprint density at radius 3 is 2.33 bits per heavy atom. The van der Waals surface area contributed by atoms with Crippen molar-refractivity contribution in [3.05, 3.63) is 88.3 Å². The first-order chi connectivity index (χ1) is 19.1. The Morgan fingerprint density at radius 2 is 1.65 bits per heavy atom. The van der Waals surface area contributed by atoms with Crippen LogP contribution in [0.3, 0.4) is 0 Å². The maximum Gasteiger partial charge on any atom is 0.453 e. The zero-order valence-electron chi connectivity index (χ0n) is 21.5. The first-order valence-electron chi connectivity index (χ1n) is 11.8. The van der Waals surface area contributed by atoms with Gasteiger partial charge in [-0.3, -0.25) is 4.79 Å². The molecular weight excluding hydrogens is 533 g/mol. The van der Waals surface area contributed by atoms with E-state index in [1.165, 1.54) is 50.6 Å². The summed E-state index contributed by atoms with van der Waals surface area (Å²) in [7, 11) is 2.96. The minimum atomic E-state index is -5.07. The Kier molecular flexibility index (Phi) is 8.32. The van der Waals surface area contributed by atoms with E-state index in [9.17, 15) is 22.8 Å². The van der Waals surface area contributed by atoms with Crippen LogP contribution in [0.25, 0.3) is 17.0 Å². The number of benzene rings is 3. The van der Waals surface area contributed by atoms with Gasteiger partial charge in [-0.1, -0.05) is 18.2 Å². The summed E-state index contributed by atoms with van der Waals surface area (Å²) in [6, 6.07) is 14.4. The Labute approximate surface area is 226 Å². The van der Waals surface area contributed by atoms with Crippen molar-refractivity contribution in [2.24, 2.45) is 0 Å². The summed E-state index contributed by atoms with van der Waals surface area (Å²) in [5.41, 5.74) is -0.907. The Balaban J connectivity index is 1.64. The van der Waals surface area contributed by atoms with Gasteiger partial charge in [-0.25, -0.2) is 4.79 Å². The smallest absolute Gasteiger partial charge is 0.453 e. The van der Waals surface area contributed by atoms with E-state index < -0.39 is 34.7 Å². The lowest BCUT2D eigenvalue weighted by Crippen LogP contribution is -2.16. The number of esters is 1. The van der Waals surface area contributed by atoms with Crippen molar-refractivity contribution < 1.29 is 46.1 Å². The van der Waals surface area contributed by atoms with Crippen molar-refractivity contribution in [1.82, 2.24) is 0 Å². The minimum absolute atomic E-state index is 0.0895. The molecule has 8 nitrogen and oxygen atoms in total. The third-order valence-corrected chi connectivity index (χ3v) is 5.48. The molecule has 1 aromatic heterocycles. The molecule has 4 rings (SSSR count). The molecule has 0 radical (unpaired) electrons. The fourth-order valence-electron chi connectivity index (χ4n) is 3.69. The standard InChI is InChI=1S/C29H23F3O8/c1-4-37-21-7-5-6-8-22(21)39-27-26(34)19-12-11-18(16-23(19)40-28(27)29(30,31)32)38-25(33)14-10-17-9-13-20(35-2)24(15-17)36-3/h5-16H,4H2,1-3H3. The van der Waals surface area contributed by atoms with E-state index in [0.29, 0.717) is 17.1 Å². The van der Waals surface area contributed by atoms with E-state index in [-0.39, 0.29) is 29.2 Å². The van der Waals surface area contributed by atoms with Crippen molar-refractivity contribution in [1.29, 1.82) is 0 Å². The van der Waals surface area contributed by atoms with Gasteiger partial charge in [-0.2, -0.15) is 13.2 Å². The second-order valence-corrected chi connectivity index (χ2v) is 8.10. The van der Waals surface area contributed by atoms with Crippen molar-refractivity contribution in [2.45, 2.75) is 13.1 Å². The number of halogens is 3. The highest BCUT2D eigenvalue weighted by atomic mass is 19.4. The number of hydrogen-bond donors (Lipinski definition) is 0. The van der Waals surface area contributed by atoms with Gasteiger partial charge in [-0.15, -0.1) is 0 Å². The van der Waals surface area contributed by atoms with Gasteiger partial charge in [0.05, 0.1) is 26.2 Å². The van der Waals surface area contributed by atoms with Crippen molar-refractivity contribution in [3.8, 4) is 34.5 Å². The van der Waals surface area contributed by atoms with Crippen LogP contribution >= 0.6 is 0 Å². The van der Waals surface area contributed by atoms with Crippen molar-refractivity contribution in [2.75, 3.05) is 20.8 Å². The summed E-state index contributed by atoms with van der Waals surface area (Å²) >= 11 is 0. The number of carbonyl (C=O) groups excluding carboxylic acids is 1. The molecule has 0 spiro atoms. The molecule has 40 heavy (non-hydrogen) atoms.